The maximum absolute atomic E-state index is 8.89. The summed E-state index contributed by atoms with van der Waals surface area (Å²) in [7, 11) is 1.78. The molecule has 1 aromatic carbocycles. The molecule has 1 N–H and O–H groups in total. The molecule has 0 aliphatic heterocycles. The fourth-order valence-electron chi connectivity index (χ4n) is 1.55. The lowest BCUT2D eigenvalue weighted by Crippen LogP contribution is -1.99. The van der Waals surface area contributed by atoms with Gasteiger partial charge in [0.25, 0.3) is 0 Å². The molecule has 4 nitrogen and oxygen atoms in total. The smallest absolute Gasteiger partial charge is 0.186 e. The topological polar surface area (TPSA) is 61.6 Å². The summed E-state index contributed by atoms with van der Waals surface area (Å²) in [5.41, 5.74) is 3.00. The van der Waals surface area contributed by atoms with Gasteiger partial charge in [-0.25, -0.2) is 0 Å². The minimum absolute atomic E-state index is 0.329. The number of hydrogen-bond donors (Lipinski definition) is 1. The van der Waals surface area contributed by atoms with E-state index in [-0.39, 0.29) is 0 Å². The minimum Gasteiger partial charge on any atom is -0.385 e. The molecule has 0 amide bonds. The number of aryl methyl sites for hydroxylation is 1. The highest BCUT2D eigenvalue weighted by Gasteiger charge is 2.08. The number of fused-ring (bicyclic) bond motifs is 1. The van der Waals surface area contributed by atoms with Crippen molar-refractivity contribution in [1.29, 1.82) is 5.26 Å². The molecule has 0 radical (unpaired) electrons. The molecule has 2 rings (SSSR count). The third-order valence-corrected chi connectivity index (χ3v) is 2.27. The number of nitrogens with one attached hydrogen (secondary N) is 1. The molecule has 0 saturated carbocycles. The summed E-state index contributed by atoms with van der Waals surface area (Å²) >= 11 is 0. The molecular weight excluding hydrogens is 188 g/mol. The molecule has 4 heteroatoms. The summed E-state index contributed by atoms with van der Waals surface area (Å²) in [5, 5.41) is 20.7. The van der Waals surface area contributed by atoms with Gasteiger partial charge in [0, 0.05) is 12.4 Å². The number of nitriles is 1. The molecule has 1 aromatic heterocycles. The Balaban J connectivity index is 2.86. The minimum atomic E-state index is 0.329. The van der Waals surface area contributed by atoms with Crippen LogP contribution in [-0.2, 0) is 0 Å². The highest BCUT2D eigenvalue weighted by molar-refractivity contribution is 5.93. The van der Waals surface area contributed by atoms with Gasteiger partial charge in [0.2, 0.25) is 0 Å². The van der Waals surface area contributed by atoms with Crippen LogP contribution in [0.25, 0.3) is 10.9 Å². The fourth-order valence-corrected chi connectivity index (χ4v) is 1.55. The van der Waals surface area contributed by atoms with E-state index in [2.05, 4.69) is 15.5 Å². The molecule has 0 saturated heterocycles. The van der Waals surface area contributed by atoms with Crippen LogP contribution in [0.3, 0.4) is 0 Å². The van der Waals surface area contributed by atoms with E-state index in [0.29, 0.717) is 5.69 Å². The van der Waals surface area contributed by atoms with E-state index in [1.165, 1.54) is 0 Å². The van der Waals surface area contributed by atoms with E-state index in [1.807, 2.05) is 31.2 Å². The highest BCUT2D eigenvalue weighted by atomic mass is 15.1. The van der Waals surface area contributed by atoms with Gasteiger partial charge >= 0.3 is 0 Å². The third kappa shape index (κ3) is 1.48. The summed E-state index contributed by atoms with van der Waals surface area (Å²) < 4.78 is 0. The molecular formula is C11H10N4. The zero-order chi connectivity index (χ0) is 10.8. The summed E-state index contributed by atoms with van der Waals surface area (Å²) in [6.45, 7) is 2.01. The van der Waals surface area contributed by atoms with Gasteiger partial charge in [-0.2, -0.15) is 5.26 Å². The van der Waals surface area contributed by atoms with Crippen molar-refractivity contribution in [1.82, 2.24) is 10.2 Å². The number of hydrogen-bond acceptors (Lipinski definition) is 4. The van der Waals surface area contributed by atoms with Crippen LogP contribution in [0.2, 0.25) is 0 Å². The zero-order valence-corrected chi connectivity index (χ0v) is 8.57. The standard InChI is InChI=1S/C11H10N4/c1-7-3-4-9-8(5-7)11(13-2)10(6-12)15-14-9/h3-5H,1-2H3,(H,13,14). The molecule has 0 unspecified atom stereocenters. The van der Waals surface area contributed by atoms with E-state index in [0.717, 1.165) is 22.2 Å². The number of aromatic nitrogens is 2. The van der Waals surface area contributed by atoms with Gasteiger partial charge in [0.15, 0.2) is 5.69 Å². The number of anilines is 1. The van der Waals surface area contributed by atoms with Crippen molar-refractivity contribution >= 4 is 16.6 Å². The van der Waals surface area contributed by atoms with Crippen LogP contribution in [-0.4, -0.2) is 17.2 Å². The Kier molecular flexibility index (Phi) is 2.22. The average molecular weight is 198 g/mol. The van der Waals surface area contributed by atoms with E-state index in [1.54, 1.807) is 7.05 Å². The Bertz CT molecular complexity index is 554. The lowest BCUT2D eigenvalue weighted by atomic mass is 10.1. The monoisotopic (exact) mass is 198 g/mol. The molecule has 0 aliphatic carbocycles. The number of nitrogens with zero attached hydrogens (tertiary/aromatic N) is 3. The van der Waals surface area contributed by atoms with Gasteiger partial charge in [0.05, 0.1) is 11.2 Å². The first-order chi connectivity index (χ1) is 7.26. The summed E-state index contributed by atoms with van der Waals surface area (Å²) in [5.74, 6) is 0. The maximum atomic E-state index is 8.89. The van der Waals surface area contributed by atoms with Crippen LogP contribution in [0.15, 0.2) is 18.2 Å². The second kappa shape index (κ2) is 3.54. The lowest BCUT2D eigenvalue weighted by molar-refractivity contribution is 1.05. The van der Waals surface area contributed by atoms with E-state index in [9.17, 15) is 0 Å². The molecule has 0 aliphatic rings. The first kappa shape index (κ1) is 9.41. The Labute approximate surface area is 87.6 Å². The van der Waals surface area contributed by atoms with Crippen molar-refractivity contribution in [3.05, 3.63) is 29.5 Å². The molecule has 1 heterocycles. The van der Waals surface area contributed by atoms with Crippen molar-refractivity contribution in [2.75, 3.05) is 12.4 Å². The predicted molar refractivity (Wildman–Crippen MR) is 58.5 cm³/mol. The second-order valence-electron chi connectivity index (χ2n) is 3.31. The Hall–Kier alpha value is -2.15. The Morgan fingerprint density at radius 2 is 2.13 bits per heavy atom. The van der Waals surface area contributed by atoms with E-state index >= 15 is 0 Å². The van der Waals surface area contributed by atoms with Gasteiger partial charge in [0.1, 0.15) is 6.07 Å². The van der Waals surface area contributed by atoms with Gasteiger partial charge in [-0.3, -0.25) is 0 Å². The van der Waals surface area contributed by atoms with Crippen molar-refractivity contribution in [3.63, 3.8) is 0 Å². The Morgan fingerprint density at radius 3 is 2.80 bits per heavy atom. The van der Waals surface area contributed by atoms with Gasteiger partial charge in [-0.05, 0) is 19.1 Å². The quantitative estimate of drug-likeness (QED) is 0.759. The molecule has 2 aromatic rings. The number of rotatable bonds is 1. The van der Waals surface area contributed by atoms with Crippen molar-refractivity contribution < 1.29 is 0 Å². The molecule has 0 fully saturated rings. The van der Waals surface area contributed by atoms with Crippen LogP contribution in [0, 0.1) is 18.3 Å². The van der Waals surface area contributed by atoms with Crippen LogP contribution in [0.4, 0.5) is 5.69 Å². The number of benzene rings is 1. The van der Waals surface area contributed by atoms with E-state index < -0.39 is 0 Å². The van der Waals surface area contributed by atoms with Crippen molar-refractivity contribution in [3.8, 4) is 6.07 Å². The molecule has 0 bridgehead atoms. The van der Waals surface area contributed by atoms with Gasteiger partial charge < -0.3 is 5.32 Å². The zero-order valence-electron chi connectivity index (χ0n) is 8.57. The van der Waals surface area contributed by atoms with Crippen molar-refractivity contribution in [2.24, 2.45) is 0 Å². The van der Waals surface area contributed by atoms with Crippen LogP contribution >= 0.6 is 0 Å². The molecule has 74 valence electrons. The summed E-state index contributed by atoms with van der Waals surface area (Å²) in [4.78, 5) is 0. The first-order valence-corrected chi connectivity index (χ1v) is 4.61. The molecule has 0 atom stereocenters. The van der Waals surface area contributed by atoms with Gasteiger partial charge in [-0.15, -0.1) is 10.2 Å². The van der Waals surface area contributed by atoms with Crippen molar-refractivity contribution in [2.45, 2.75) is 6.92 Å². The summed E-state index contributed by atoms with van der Waals surface area (Å²) in [6.07, 6.45) is 0. The first-order valence-electron chi connectivity index (χ1n) is 4.61. The maximum Gasteiger partial charge on any atom is 0.186 e. The molecule has 0 spiro atoms. The average Bonchev–Trinajstić information content (AvgIpc) is 2.27. The normalized spacial score (nSPS) is 9.93. The molecule has 15 heavy (non-hydrogen) atoms. The Morgan fingerprint density at radius 1 is 1.33 bits per heavy atom. The van der Waals surface area contributed by atoms with Crippen LogP contribution in [0.5, 0.6) is 0 Å². The summed E-state index contributed by atoms with van der Waals surface area (Å²) in [6, 6.07) is 7.90. The second-order valence-corrected chi connectivity index (χ2v) is 3.31. The van der Waals surface area contributed by atoms with Gasteiger partial charge in [-0.1, -0.05) is 11.6 Å². The van der Waals surface area contributed by atoms with Crippen LogP contribution < -0.4 is 5.32 Å². The highest BCUT2D eigenvalue weighted by Crippen LogP contribution is 2.24. The SMILES string of the molecule is CNc1c(C#N)nnc2ccc(C)cc12. The predicted octanol–water partition coefficient (Wildman–Crippen LogP) is 1.85. The fraction of sp³-hybridized carbons (Fsp3) is 0.182. The largest absolute Gasteiger partial charge is 0.385 e. The van der Waals surface area contributed by atoms with E-state index in [4.69, 9.17) is 5.26 Å². The van der Waals surface area contributed by atoms with Crippen LogP contribution in [0.1, 0.15) is 11.3 Å². The third-order valence-electron chi connectivity index (χ3n) is 2.27. The lowest BCUT2D eigenvalue weighted by Gasteiger charge is -2.06.